The van der Waals surface area contributed by atoms with Crippen LogP contribution in [0.3, 0.4) is 0 Å². The summed E-state index contributed by atoms with van der Waals surface area (Å²) in [5.41, 5.74) is 7.92. The smallest absolute Gasteiger partial charge is 0.147 e. The third-order valence-corrected chi connectivity index (χ3v) is 3.43. The van der Waals surface area contributed by atoms with Gasteiger partial charge in [0.05, 0.1) is 12.2 Å². The van der Waals surface area contributed by atoms with E-state index in [0.29, 0.717) is 19.0 Å². The molecule has 0 spiro atoms. The highest BCUT2D eigenvalue weighted by atomic mass is 32.1. The lowest BCUT2D eigenvalue weighted by molar-refractivity contribution is 0.141. The molecule has 2 aromatic rings. The molecule has 3 N–H and O–H groups in total. The Balaban J connectivity index is 2.19. The topological polar surface area (TPSA) is 73.1 Å². The van der Waals surface area contributed by atoms with Gasteiger partial charge in [0.1, 0.15) is 10.8 Å². The Morgan fingerprint density at radius 3 is 2.84 bits per heavy atom. The van der Waals surface area contributed by atoms with E-state index in [0.717, 1.165) is 16.1 Å². The van der Waals surface area contributed by atoms with Crippen molar-refractivity contribution in [1.29, 1.82) is 0 Å². The molecule has 0 fully saturated rings. The summed E-state index contributed by atoms with van der Waals surface area (Å²) in [7, 11) is 0. The lowest BCUT2D eigenvalue weighted by atomic mass is 10.1. The van der Waals surface area contributed by atoms with Gasteiger partial charge in [-0.15, -0.1) is 0 Å². The zero-order valence-corrected chi connectivity index (χ0v) is 11.9. The third-order valence-electron chi connectivity index (χ3n) is 2.64. The number of nitrogens with zero attached hydrogens (tertiary/aromatic N) is 2. The van der Waals surface area contributed by atoms with Crippen LogP contribution in [0, 0.1) is 0 Å². The van der Waals surface area contributed by atoms with Gasteiger partial charge in [-0.1, -0.05) is 0 Å². The first-order chi connectivity index (χ1) is 9.22. The van der Waals surface area contributed by atoms with Crippen LogP contribution in [0.1, 0.15) is 13.8 Å². The molecule has 2 heterocycles. The Morgan fingerprint density at radius 1 is 1.42 bits per heavy atom. The Bertz CT molecular complexity index is 515. The number of pyridine rings is 1. The lowest BCUT2D eigenvalue weighted by Gasteiger charge is -2.14. The van der Waals surface area contributed by atoms with E-state index < -0.39 is 0 Å². The first-order valence-corrected chi connectivity index (χ1v) is 6.99. The molecule has 6 heteroatoms. The highest BCUT2D eigenvalue weighted by Gasteiger charge is 2.15. The second kappa shape index (κ2) is 6.49. The van der Waals surface area contributed by atoms with Gasteiger partial charge in [0.2, 0.25) is 0 Å². The molecule has 1 unspecified atom stereocenters. The molecule has 0 saturated heterocycles. The molecule has 0 amide bonds. The minimum Gasteiger partial charge on any atom is -0.382 e. The Morgan fingerprint density at radius 2 is 2.16 bits per heavy atom. The summed E-state index contributed by atoms with van der Waals surface area (Å²) in [5.74, 6) is 0.544. The molecular weight excluding hydrogens is 260 g/mol. The lowest BCUT2D eigenvalue weighted by Crippen LogP contribution is -2.21. The highest BCUT2D eigenvalue weighted by molar-refractivity contribution is 7.11. The van der Waals surface area contributed by atoms with Gasteiger partial charge in [-0.05, 0) is 43.1 Å². The number of anilines is 2. The van der Waals surface area contributed by atoms with E-state index >= 15 is 0 Å². The first kappa shape index (κ1) is 13.8. The maximum absolute atomic E-state index is 5.96. The van der Waals surface area contributed by atoms with Crippen molar-refractivity contribution >= 4 is 22.4 Å². The summed E-state index contributed by atoms with van der Waals surface area (Å²) in [5, 5.41) is 4.36. The van der Waals surface area contributed by atoms with Crippen molar-refractivity contribution in [2.75, 3.05) is 24.3 Å². The predicted molar refractivity (Wildman–Crippen MR) is 79.3 cm³/mol. The number of hydrogen-bond donors (Lipinski definition) is 2. The fourth-order valence-corrected chi connectivity index (χ4v) is 2.61. The molecule has 0 saturated carbocycles. The van der Waals surface area contributed by atoms with Gasteiger partial charge in [-0.3, -0.25) is 4.98 Å². The van der Waals surface area contributed by atoms with E-state index in [1.807, 2.05) is 19.1 Å². The van der Waals surface area contributed by atoms with Gasteiger partial charge in [-0.25, -0.2) is 0 Å². The van der Waals surface area contributed by atoms with E-state index in [1.54, 1.807) is 12.4 Å². The van der Waals surface area contributed by atoms with Crippen LogP contribution >= 0.6 is 11.5 Å². The summed E-state index contributed by atoms with van der Waals surface area (Å²) >= 11 is 1.37. The van der Waals surface area contributed by atoms with Crippen LogP contribution in [0.4, 0.5) is 10.8 Å². The molecule has 102 valence electrons. The van der Waals surface area contributed by atoms with Crippen molar-refractivity contribution in [1.82, 2.24) is 9.36 Å². The number of ether oxygens (including phenoxy) is 1. The van der Waals surface area contributed by atoms with Crippen LogP contribution in [0.2, 0.25) is 0 Å². The number of aromatic nitrogens is 2. The fraction of sp³-hybridized carbons (Fsp3) is 0.385. The van der Waals surface area contributed by atoms with Crippen LogP contribution in [0.5, 0.6) is 0 Å². The standard InChI is InChI=1S/C13H18N4OS/c1-3-18-8-9(2)16-13-11(12(14)17-19-13)10-4-6-15-7-5-10/h4-7,9,16H,3,8H2,1-2H3,(H2,14,17). The minimum atomic E-state index is 0.209. The highest BCUT2D eigenvalue weighted by Crippen LogP contribution is 2.36. The maximum Gasteiger partial charge on any atom is 0.147 e. The Hall–Kier alpha value is -1.66. The van der Waals surface area contributed by atoms with Crippen molar-refractivity contribution in [3.63, 3.8) is 0 Å². The Kier molecular flexibility index (Phi) is 4.70. The summed E-state index contributed by atoms with van der Waals surface area (Å²) in [6, 6.07) is 4.07. The van der Waals surface area contributed by atoms with Crippen molar-refractivity contribution < 1.29 is 4.74 Å². The van der Waals surface area contributed by atoms with E-state index in [9.17, 15) is 0 Å². The molecule has 0 aliphatic heterocycles. The number of rotatable bonds is 6. The molecule has 2 aromatic heterocycles. The van der Waals surface area contributed by atoms with Gasteiger partial charge in [-0.2, -0.15) is 4.37 Å². The van der Waals surface area contributed by atoms with Crippen molar-refractivity contribution in [2.24, 2.45) is 0 Å². The Labute approximate surface area is 117 Å². The first-order valence-electron chi connectivity index (χ1n) is 6.22. The third kappa shape index (κ3) is 3.42. The van der Waals surface area contributed by atoms with Gasteiger partial charge in [0.25, 0.3) is 0 Å². The number of nitrogen functional groups attached to an aromatic ring is 1. The molecule has 0 radical (unpaired) electrons. The van der Waals surface area contributed by atoms with Crippen LogP contribution in [0.25, 0.3) is 11.1 Å². The summed E-state index contributed by atoms with van der Waals surface area (Å²) in [6.45, 7) is 5.43. The van der Waals surface area contributed by atoms with Crippen molar-refractivity contribution in [3.05, 3.63) is 24.5 Å². The number of nitrogens with two attached hydrogens (primary N) is 1. The molecule has 19 heavy (non-hydrogen) atoms. The van der Waals surface area contributed by atoms with E-state index in [4.69, 9.17) is 10.5 Å². The number of nitrogens with one attached hydrogen (secondary N) is 1. The SMILES string of the molecule is CCOCC(C)Nc1snc(N)c1-c1ccncc1. The fourth-order valence-electron chi connectivity index (χ4n) is 1.76. The van der Waals surface area contributed by atoms with Crippen LogP contribution < -0.4 is 11.1 Å². The summed E-state index contributed by atoms with van der Waals surface area (Å²) < 4.78 is 9.62. The van der Waals surface area contributed by atoms with Crippen molar-refractivity contribution in [2.45, 2.75) is 19.9 Å². The average molecular weight is 278 g/mol. The zero-order chi connectivity index (χ0) is 13.7. The molecule has 5 nitrogen and oxygen atoms in total. The normalized spacial score (nSPS) is 12.3. The van der Waals surface area contributed by atoms with Crippen molar-refractivity contribution in [3.8, 4) is 11.1 Å². The van der Waals surface area contributed by atoms with Gasteiger partial charge >= 0.3 is 0 Å². The van der Waals surface area contributed by atoms with Crippen LogP contribution in [-0.2, 0) is 4.74 Å². The number of hydrogen-bond acceptors (Lipinski definition) is 6. The van der Waals surface area contributed by atoms with Gasteiger partial charge < -0.3 is 15.8 Å². The maximum atomic E-state index is 5.96. The van der Waals surface area contributed by atoms with Crippen LogP contribution in [0.15, 0.2) is 24.5 Å². The average Bonchev–Trinajstić information content (AvgIpc) is 2.78. The van der Waals surface area contributed by atoms with E-state index in [-0.39, 0.29) is 6.04 Å². The zero-order valence-electron chi connectivity index (χ0n) is 11.1. The van der Waals surface area contributed by atoms with Gasteiger partial charge in [0, 0.05) is 25.0 Å². The summed E-state index contributed by atoms with van der Waals surface area (Å²) in [4.78, 5) is 4.02. The molecule has 0 bridgehead atoms. The molecule has 0 aliphatic rings. The monoisotopic (exact) mass is 278 g/mol. The van der Waals surface area contributed by atoms with E-state index in [1.165, 1.54) is 11.5 Å². The quantitative estimate of drug-likeness (QED) is 0.849. The van der Waals surface area contributed by atoms with E-state index in [2.05, 4.69) is 21.6 Å². The molecule has 2 rings (SSSR count). The second-order valence-electron chi connectivity index (χ2n) is 4.21. The predicted octanol–water partition coefficient (Wildman–Crippen LogP) is 2.62. The largest absolute Gasteiger partial charge is 0.382 e. The second-order valence-corrected chi connectivity index (χ2v) is 4.99. The molecule has 1 atom stereocenters. The van der Waals surface area contributed by atoms with Gasteiger partial charge in [0.15, 0.2) is 0 Å². The molecular formula is C13H18N4OS. The van der Waals surface area contributed by atoms with Crippen LogP contribution in [-0.4, -0.2) is 28.6 Å². The minimum absolute atomic E-state index is 0.209. The molecule has 0 aromatic carbocycles. The molecule has 0 aliphatic carbocycles. The summed E-state index contributed by atoms with van der Waals surface area (Å²) in [6.07, 6.45) is 3.50.